The zero-order valence-electron chi connectivity index (χ0n) is 18.0. The van der Waals surface area contributed by atoms with E-state index in [1.807, 2.05) is 39.0 Å². The topological polar surface area (TPSA) is 78.2 Å². The molecule has 2 aromatic heterocycles. The van der Waals surface area contributed by atoms with Gasteiger partial charge >= 0.3 is 6.09 Å². The molecule has 1 fully saturated rings. The highest BCUT2D eigenvalue weighted by Crippen LogP contribution is 2.38. The molecule has 160 valence electrons. The number of pyridine rings is 1. The first-order chi connectivity index (χ1) is 14.9. The molecule has 1 N–H and O–H groups in total. The predicted octanol–water partition coefficient (Wildman–Crippen LogP) is 5.99. The molecule has 3 heterocycles. The summed E-state index contributed by atoms with van der Waals surface area (Å²) in [6.45, 7) is 6.27. The number of amides is 1. The van der Waals surface area contributed by atoms with Crippen LogP contribution in [0.2, 0.25) is 0 Å². The van der Waals surface area contributed by atoms with Gasteiger partial charge in [-0.1, -0.05) is 30.3 Å². The third-order valence-electron chi connectivity index (χ3n) is 5.17. The van der Waals surface area contributed by atoms with Crippen molar-refractivity contribution in [3.63, 3.8) is 0 Å². The summed E-state index contributed by atoms with van der Waals surface area (Å²) >= 11 is 1.59. The molecule has 1 amide bonds. The molecule has 3 aromatic rings. The summed E-state index contributed by atoms with van der Waals surface area (Å²) in [6.07, 6.45) is 3.88. The Morgan fingerprint density at radius 2 is 2.06 bits per heavy atom. The monoisotopic (exact) mass is 434 g/mol. The quantitative estimate of drug-likeness (QED) is 0.547. The Balaban J connectivity index is 1.68. The number of nitriles is 1. The van der Waals surface area contributed by atoms with Crippen molar-refractivity contribution in [3.8, 4) is 16.5 Å². The highest BCUT2D eigenvalue weighted by atomic mass is 32.1. The number of aromatic nitrogens is 1. The van der Waals surface area contributed by atoms with E-state index in [1.165, 1.54) is 0 Å². The molecule has 1 aromatic carbocycles. The van der Waals surface area contributed by atoms with Gasteiger partial charge in [-0.2, -0.15) is 5.26 Å². The van der Waals surface area contributed by atoms with Crippen LogP contribution in [0.5, 0.6) is 0 Å². The lowest BCUT2D eigenvalue weighted by atomic mass is 10.1. The first kappa shape index (κ1) is 21.1. The third kappa shape index (κ3) is 4.64. The van der Waals surface area contributed by atoms with Crippen molar-refractivity contribution < 1.29 is 9.53 Å². The van der Waals surface area contributed by atoms with Gasteiger partial charge in [0.25, 0.3) is 0 Å². The molecular formula is C24H26N4O2S. The number of hydrogen-bond donors (Lipinski definition) is 1. The number of benzene rings is 1. The molecule has 1 saturated heterocycles. The standard InChI is InChI=1S/C24H26N4O2S/c1-24(2,3)30-23(29)28-12-8-7-11-20(28)27-22-18-13-19(16-9-5-4-6-10-16)31-21(18)17(14-25)15-26-22/h4-6,9-10,13,15,20H,7-8,11-12H2,1-3H3,(H,26,27). The van der Waals surface area contributed by atoms with Crippen molar-refractivity contribution in [2.24, 2.45) is 0 Å². The Morgan fingerprint density at radius 3 is 2.77 bits per heavy atom. The molecule has 31 heavy (non-hydrogen) atoms. The van der Waals surface area contributed by atoms with Gasteiger partial charge in [0.2, 0.25) is 0 Å². The van der Waals surface area contributed by atoms with Crippen molar-refractivity contribution in [2.75, 3.05) is 11.9 Å². The fraction of sp³-hybridized carbons (Fsp3) is 0.375. The number of hydrogen-bond acceptors (Lipinski definition) is 6. The molecule has 1 unspecified atom stereocenters. The smallest absolute Gasteiger partial charge is 0.411 e. The predicted molar refractivity (Wildman–Crippen MR) is 124 cm³/mol. The number of carbonyl (C=O) groups is 1. The summed E-state index contributed by atoms with van der Waals surface area (Å²) in [4.78, 5) is 20.1. The van der Waals surface area contributed by atoms with Crippen LogP contribution >= 0.6 is 11.3 Å². The van der Waals surface area contributed by atoms with Crippen LogP contribution in [-0.4, -0.2) is 34.3 Å². The fourth-order valence-corrected chi connectivity index (χ4v) is 4.87. The number of likely N-dealkylation sites (tertiary alicyclic amines) is 1. The maximum atomic E-state index is 12.8. The average Bonchev–Trinajstić information content (AvgIpc) is 3.20. The molecule has 7 heteroatoms. The van der Waals surface area contributed by atoms with Gasteiger partial charge < -0.3 is 10.1 Å². The Labute approximate surface area is 186 Å². The zero-order chi connectivity index (χ0) is 22.0. The van der Waals surface area contributed by atoms with Crippen molar-refractivity contribution in [1.82, 2.24) is 9.88 Å². The number of nitrogens with zero attached hydrogens (tertiary/aromatic N) is 3. The summed E-state index contributed by atoms with van der Waals surface area (Å²) in [5, 5.41) is 13.9. The van der Waals surface area contributed by atoms with E-state index < -0.39 is 5.60 Å². The van der Waals surface area contributed by atoms with E-state index in [1.54, 1.807) is 22.4 Å². The summed E-state index contributed by atoms with van der Waals surface area (Å²) in [5.41, 5.74) is 1.11. The maximum absolute atomic E-state index is 12.8. The van der Waals surface area contributed by atoms with Crippen LogP contribution in [0, 0.1) is 11.3 Å². The summed E-state index contributed by atoms with van der Waals surface area (Å²) < 4.78 is 6.52. The van der Waals surface area contributed by atoms with Crippen molar-refractivity contribution >= 4 is 33.3 Å². The van der Waals surface area contributed by atoms with Crippen LogP contribution in [0.3, 0.4) is 0 Å². The van der Waals surface area contributed by atoms with Gasteiger partial charge in [-0.05, 0) is 51.7 Å². The molecule has 0 aliphatic carbocycles. The molecule has 0 spiro atoms. The molecule has 6 nitrogen and oxygen atoms in total. The van der Waals surface area contributed by atoms with E-state index in [0.717, 1.165) is 39.8 Å². The molecule has 4 rings (SSSR count). The first-order valence-corrected chi connectivity index (χ1v) is 11.3. The highest BCUT2D eigenvalue weighted by Gasteiger charge is 2.31. The van der Waals surface area contributed by atoms with Gasteiger partial charge in [0, 0.05) is 23.0 Å². The number of ether oxygens (including phenoxy) is 1. The fourth-order valence-electron chi connectivity index (χ4n) is 3.74. The summed E-state index contributed by atoms with van der Waals surface area (Å²) in [6, 6.07) is 14.4. The Morgan fingerprint density at radius 1 is 1.29 bits per heavy atom. The second kappa shape index (κ2) is 8.56. The van der Waals surface area contributed by atoms with Crippen LogP contribution in [0.25, 0.3) is 20.5 Å². The van der Waals surface area contributed by atoms with Gasteiger partial charge in [-0.15, -0.1) is 11.3 Å². The minimum absolute atomic E-state index is 0.202. The normalized spacial score (nSPS) is 16.7. The van der Waals surface area contributed by atoms with Crippen LogP contribution in [0.4, 0.5) is 10.6 Å². The Hall–Kier alpha value is -3.11. The van der Waals surface area contributed by atoms with Crippen LogP contribution in [0.15, 0.2) is 42.6 Å². The average molecular weight is 435 g/mol. The second-order valence-electron chi connectivity index (χ2n) is 8.68. The number of carbonyl (C=O) groups excluding carboxylic acids is 1. The molecule has 0 radical (unpaired) electrons. The van der Waals surface area contributed by atoms with E-state index in [4.69, 9.17) is 4.74 Å². The number of thiophene rings is 1. The van der Waals surface area contributed by atoms with Crippen LogP contribution < -0.4 is 5.32 Å². The lowest BCUT2D eigenvalue weighted by molar-refractivity contribution is 0.0130. The number of rotatable bonds is 3. The lowest BCUT2D eigenvalue weighted by Gasteiger charge is -2.37. The Kier molecular flexibility index (Phi) is 5.84. The Bertz CT molecular complexity index is 1130. The van der Waals surface area contributed by atoms with Crippen molar-refractivity contribution in [2.45, 2.75) is 51.8 Å². The maximum Gasteiger partial charge on any atom is 0.411 e. The van der Waals surface area contributed by atoms with Crippen LogP contribution in [-0.2, 0) is 4.74 Å². The van der Waals surface area contributed by atoms with E-state index in [-0.39, 0.29) is 12.3 Å². The van der Waals surface area contributed by atoms with Gasteiger partial charge in [-0.3, -0.25) is 4.90 Å². The molecule has 1 atom stereocenters. The van der Waals surface area contributed by atoms with Gasteiger partial charge in [0.05, 0.1) is 10.3 Å². The van der Waals surface area contributed by atoms with E-state index in [9.17, 15) is 10.1 Å². The van der Waals surface area contributed by atoms with Crippen molar-refractivity contribution in [3.05, 3.63) is 48.2 Å². The molecule has 1 aliphatic heterocycles. The number of nitrogens with one attached hydrogen (secondary N) is 1. The summed E-state index contributed by atoms with van der Waals surface area (Å²) in [7, 11) is 0. The largest absolute Gasteiger partial charge is 0.444 e. The summed E-state index contributed by atoms with van der Waals surface area (Å²) in [5.74, 6) is 0.688. The third-order valence-corrected chi connectivity index (χ3v) is 6.38. The van der Waals surface area contributed by atoms with Gasteiger partial charge in [-0.25, -0.2) is 9.78 Å². The SMILES string of the molecule is CC(C)(C)OC(=O)N1CCCCC1Nc1ncc(C#N)c2sc(-c3ccccc3)cc12. The first-order valence-electron chi connectivity index (χ1n) is 10.5. The van der Waals surface area contributed by atoms with E-state index in [0.29, 0.717) is 17.9 Å². The zero-order valence-corrected chi connectivity index (χ0v) is 18.8. The molecule has 0 bridgehead atoms. The molecule has 1 aliphatic rings. The van der Waals surface area contributed by atoms with E-state index >= 15 is 0 Å². The highest BCUT2D eigenvalue weighted by molar-refractivity contribution is 7.22. The van der Waals surface area contributed by atoms with Gasteiger partial charge in [0.1, 0.15) is 23.7 Å². The van der Waals surface area contributed by atoms with E-state index in [2.05, 4.69) is 34.6 Å². The van der Waals surface area contributed by atoms with Crippen LogP contribution in [0.1, 0.15) is 45.6 Å². The number of anilines is 1. The second-order valence-corrected chi connectivity index (χ2v) is 9.73. The minimum Gasteiger partial charge on any atom is -0.444 e. The number of piperidine rings is 1. The number of fused-ring (bicyclic) bond motifs is 1. The van der Waals surface area contributed by atoms with Gasteiger partial charge in [0.15, 0.2) is 0 Å². The van der Waals surface area contributed by atoms with Crippen molar-refractivity contribution in [1.29, 1.82) is 5.26 Å². The molecule has 0 saturated carbocycles. The lowest BCUT2D eigenvalue weighted by Crippen LogP contribution is -2.49. The molecular weight excluding hydrogens is 408 g/mol. The minimum atomic E-state index is -0.545.